The van der Waals surface area contributed by atoms with E-state index in [2.05, 4.69) is 65.3 Å². The Kier molecular flexibility index (Phi) is 2.79. The Hall–Kier alpha value is -2.62. The zero-order valence-corrected chi connectivity index (χ0v) is 13.0. The predicted octanol–water partition coefficient (Wildman–Crippen LogP) is 3.60. The molecule has 0 N–H and O–H groups in total. The van der Waals surface area contributed by atoms with Gasteiger partial charge in [-0.2, -0.15) is 0 Å². The number of hydrogen-bond donors (Lipinski definition) is 0. The molecule has 0 aliphatic carbocycles. The zero-order chi connectivity index (χ0) is 15.3. The number of benzene rings is 2. The molecule has 2 aromatic heterocycles. The maximum Gasteiger partial charge on any atom is 0.292 e. The topological polar surface area (TPSA) is 34.8 Å². The molecule has 0 radical (unpaired) electrons. The third-order valence-electron chi connectivity index (χ3n) is 4.36. The molecule has 2 aromatic carbocycles. The van der Waals surface area contributed by atoms with Gasteiger partial charge in [-0.05, 0) is 37.6 Å². The van der Waals surface area contributed by atoms with Crippen molar-refractivity contribution in [1.82, 2.24) is 9.55 Å². The summed E-state index contributed by atoms with van der Waals surface area (Å²) >= 11 is 0. The van der Waals surface area contributed by atoms with E-state index in [1.807, 2.05) is 6.07 Å². The first-order chi connectivity index (χ1) is 10.7. The molecule has 22 heavy (non-hydrogen) atoms. The second kappa shape index (κ2) is 4.70. The van der Waals surface area contributed by atoms with Crippen LogP contribution >= 0.6 is 0 Å². The Labute approximate surface area is 128 Å². The normalized spacial score (nSPS) is 11.6. The fraction of sp³-hybridized carbons (Fsp3) is 0.222. The number of aryl methyl sites for hydroxylation is 3. The van der Waals surface area contributed by atoms with Gasteiger partial charge in [0.15, 0.2) is 23.0 Å². The van der Waals surface area contributed by atoms with Crippen LogP contribution in [0.1, 0.15) is 12.5 Å². The average Bonchev–Trinajstić information content (AvgIpc) is 3.11. The van der Waals surface area contributed by atoms with Crippen molar-refractivity contribution in [3.8, 4) is 11.4 Å². The summed E-state index contributed by atoms with van der Waals surface area (Å²) in [6, 6.07) is 12.6. The Morgan fingerprint density at radius 3 is 2.82 bits per heavy atom. The number of nitrogens with zero attached hydrogens (tertiary/aromatic N) is 3. The summed E-state index contributed by atoms with van der Waals surface area (Å²) < 4.78 is 10.1. The predicted molar refractivity (Wildman–Crippen MR) is 86.5 cm³/mol. The average molecular weight is 292 g/mol. The summed E-state index contributed by atoms with van der Waals surface area (Å²) in [5.74, 6) is 1.17. The minimum atomic E-state index is 0.827. The first kappa shape index (κ1) is 13.1. The van der Waals surface area contributed by atoms with Gasteiger partial charge in [0.25, 0.3) is 5.82 Å². The number of rotatable bonds is 2. The summed E-state index contributed by atoms with van der Waals surface area (Å²) in [6.45, 7) is 5.21. The van der Waals surface area contributed by atoms with Crippen LogP contribution in [0.5, 0.6) is 0 Å². The minimum Gasteiger partial charge on any atom is -0.443 e. The summed E-state index contributed by atoms with van der Waals surface area (Å²) in [7, 11) is 2.11. The molecule has 4 aromatic rings. The maximum atomic E-state index is 5.49. The number of imidazole rings is 1. The van der Waals surface area contributed by atoms with Gasteiger partial charge < -0.3 is 4.42 Å². The van der Waals surface area contributed by atoms with Crippen molar-refractivity contribution < 1.29 is 8.98 Å². The summed E-state index contributed by atoms with van der Waals surface area (Å²) in [5, 5.41) is 0. The highest BCUT2D eigenvalue weighted by atomic mass is 16.3. The molecule has 4 nitrogen and oxygen atoms in total. The van der Waals surface area contributed by atoms with Crippen LogP contribution in [0, 0.1) is 6.92 Å². The first-order valence-electron chi connectivity index (χ1n) is 7.52. The standard InChI is InChI=1S/C18H18N3O/c1-4-21-14-8-6-5-7-13(14)20(3)18(21)16-12(2)9-10-15-17(16)19-11-22-15/h5-11H,4H2,1-3H3/q+1. The van der Waals surface area contributed by atoms with E-state index in [9.17, 15) is 0 Å². The summed E-state index contributed by atoms with van der Waals surface area (Å²) in [6.07, 6.45) is 1.52. The van der Waals surface area contributed by atoms with E-state index in [0.29, 0.717) is 0 Å². The Morgan fingerprint density at radius 2 is 2.00 bits per heavy atom. The summed E-state index contributed by atoms with van der Waals surface area (Å²) in [5.41, 5.74) is 6.56. The molecule has 0 fully saturated rings. The van der Waals surface area contributed by atoms with Gasteiger partial charge in [-0.3, -0.25) is 0 Å². The third kappa shape index (κ3) is 1.64. The van der Waals surface area contributed by atoms with Crippen LogP contribution in [0.3, 0.4) is 0 Å². The molecule has 4 rings (SSSR count). The molecule has 0 aliphatic rings. The van der Waals surface area contributed by atoms with Gasteiger partial charge in [-0.1, -0.05) is 18.2 Å². The number of oxazole rings is 1. The number of fused-ring (bicyclic) bond motifs is 2. The highest BCUT2D eigenvalue weighted by molar-refractivity contribution is 5.91. The molecule has 0 atom stereocenters. The van der Waals surface area contributed by atoms with E-state index < -0.39 is 0 Å². The van der Waals surface area contributed by atoms with Crippen molar-refractivity contribution in [2.24, 2.45) is 7.05 Å². The lowest BCUT2D eigenvalue weighted by Crippen LogP contribution is -2.30. The Bertz CT molecular complexity index is 994. The second-order valence-corrected chi connectivity index (χ2v) is 5.57. The molecule has 2 heterocycles. The molecule has 4 heteroatoms. The van der Waals surface area contributed by atoms with E-state index in [4.69, 9.17) is 4.42 Å². The smallest absolute Gasteiger partial charge is 0.292 e. The van der Waals surface area contributed by atoms with Crippen LogP contribution < -0.4 is 4.57 Å². The van der Waals surface area contributed by atoms with Gasteiger partial charge in [0.1, 0.15) is 5.52 Å². The van der Waals surface area contributed by atoms with Crippen LogP contribution in [-0.4, -0.2) is 9.55 Å². The minimum absolute atomic E-state index is 0.827. The van der Waals surface area contributed by atoms with Crippen molar-refractivity contribution in [2.45, 2.75) is 20.4 Å². The van der Waals surface area contributed by atoms with Gasteiger partial charge in [0, 0.05) is 0 Å². The Morgan fingerprint density at radius 1 is 1.18 bits per heavy atom. The molecule has 0 saturated carbocycles. The van der Waals surface area contributed by atoms with Gasteiger partial charge >= 0.3 is 0 Å². The molecule has 0 bridgehead atoms. The lowest BCUT2D eigenvalue weighted by Gasteiger charge is -2.05. The highest BCUT2D eigenvalue weighted by Crippen LogP contribution is 2.31. The lowest BCUT2D eigenvalue weighted by molar-refractivity contribution is -0.634. The Balaban J connectivity index is 2.19. The number of hydrogen-bond acceptors (Lipinski definition) is 2. The fourth-order valence-corrected chi connectivity index (χ4v) is 3.32. The van der Waals surface area contributed by atoms with E-state index >= 15 is 0 Å². The second-order valence-electron chi connectivity index (χ2n) is 5.57. The number of aromatic nitrogens is 3. The highest BCUT2D eigenvalue weighted by Gasteiger charge is 2.27. The first-order valence-corrected chi connectivity index (χ1v) is 7.52. The molecule has 110 valence electrons. The molecule has 0 saturated heterocycles. The van der Waals surface area contributed by atoms with E-state index in [-0.39, 0.29) is 0 Å². The van der Waals surface area contributed by atoms with Crippen LogP contribution in [0.2, 0.25) is 0 Å². The SMILES string of the molecule is CCn1c(-c2c(C)ccc3ocnc23)[n+](C)c2ccccc21. The monoisotopic (exact) mass is 292 g/mol. The molecule has 0 spiro atoms. The molecule has 0 amide bonds. The van der Waals surface area contributed by atoms with Crippen molar-refractivity contribution in [2.75, 3.05) is 0 Å². The molecule has 0 unspecified atom stereocenters. The molecule has 0 aliphatic heterocycles. The van der Waals surface area contributed by atoms with Gasteiger partial charge in [-0.25, -0.2) is 14.1 Å². The van der Waals surface area contributed by atoms with Gasteiger partial charge in [-0.15, -0.1) is 0 Å². The van der Waals surface area contributed by atoms with Gasteiger partial charge in [0.05, 0.1) is 19.2 Å². The van der Waals surface area contributed by atoms with Crippen molar-refractivity contribution in [3.05, 3.63) is 48.4 Å². The largest absolute Gasteiger partial charge is 0.443 e. The molecular formula is C18H18N3O+. The van der Waals surface area contributed by atoms with Gasteiger partial charge in [0.2, 0.25) is 0 Å². The van der Waals surface area contributed by atoms with Crippen molar-refractivity contribution in [1.29, 1.82) is 0 Å². The van der Waals surface area contributed by atoms with Crippen molar-refractivity contribution in [3.63, 3.8) is 0 Å². The van der Waals surface area contributed by atoms with E-state index in [1.54, 1.807) is 0 Å². The van der Waals surface area contributed by atoms with E-state index in [0.717, 1.165) is 23.2 Å². The van der Waals surface area contributed by atoms with E-state index in [1.165, 1.54) is 28.8 Å². The van der Waals surface area contributed by atoms with Crippen LogP contribution in [-0.2, 0) is 13.6 Å². The zero-order valence-electron chi connectivity index (χ0n) is 13.0. The van der Waals surface area contributed by atoms with Crippen LogP contribution in [0.25, 0.3) is 33.5 Å². The fourth-order valence-electron chi connectivity index (χ4n) is 3.32. The lowest BCUT2D eigenvalue weighted by atomic mass is 10.1. The molecular weight excluding hydrogens is 274 g/mol. The van der Waals surface area contributed by atoms with Crippen molar-refractivity contribution >= 4 is 22.1 Å². The summed E-state index contributed by atoms with van der Waals surface area (Å²) in [4.78, 5) is 4.45. The van der Waals surface area contributed by atoms with Crippen LogP contribution in [0.15, 0.2) is 47.2 Å². The number of para-hydroxylation sites is 2. The van der Waals surface area contributed by atoms with Crippen LogP contribution in [0.4, 0.5) is 0 Å². The maximum absolute atomic E-state index is 5.49. The quantitative estimate of drug-likeness (QED) is 0.529. The third-order valence-corrected chi connectivity index (χ3v) is 4.36.